The summed E-state index contributed by atoms with van der Waals surface area (Å²) in [6.45, 7) is 3.37. The van der Waals surface area contributed by atoms with Gasteiger partial charge in [-0.3, -0.25) is 4.79 Å². The molecule has 2 rings (SSSR count). The first kappa shape index (κ1) is 17.7. The molecular formula is C19H22O5. The number of carbonyl (C=O) groups is 1. The number of aliphatic carboxylic acids is 1. The number of rotatable bonds is 6. The fourth-order valence-electron chi connectivity index (χ4n) is 2.46. The highest BCUT2D eigenvalue weighted by atomic mass is 16.5. The third-order valence-electron chi connectivity index (χ3n) is 4.12. The second-order valence-corrected chi connectivity index (χ2v) is 5.92. The van der Waals surface area contributed by atoms with Gasteiger partial charge in [0, 0.05) is 0 Å². The van der Waals surface area contributed by atoms with Gasteiger partial charge < -0.3 is 19.3 Å². The van der Waals surface area contributed by atoms with E-state index < -0.39 is 11.4 Å². The van der Waals surface area contributed by atoms with Crippen molar-refractivity contribution in [1.82, 2.24) is 0 Å². The maximum Gasteiger partial charge on any atom is 0.313 e. The zero-order chi connectivity index (χ0) is 17.9. The lowest BCUT2D eigenvalue weighted by Gasteiger charge is -2.21. The summed E-state index contributed by atoms with van der Waals surface area (Å²) >= 11 is 0. The van der Waals surface area contributed by atoms with E-state index in [0.29, 0.717) is 17.2 Å². The molecule has 2 aromatic rings. The molecule has 0 radical (unpaired) electrons. The highest BCUT2D eigenvalue weighted by molar-refractivity contribution is 5.81. The van der Waals surface area contributed by atoms with Crippen LogP contribution in [0.25, 0.3) is 11.1 Å². The molecule has 0 fully saturated rings. The van der Waals surface area contributed by atoms with E-state index in [1.165, 1.54) is 0 Å². The lowest BCUT2D eigenvalue weighted by atomic mass is 9.83. The predicted molar refractivity (Wildman–Crippen MR) is 92.2 cm³/mol. The van der Waals surface area contributed by atoms with Gasteiger partial charge in [-0.2, -0.15) is 0 Å². The summed E-state index contributed by atoms with van der Waals surface area (Å²) in [5.41, 5.74) is 1.48. The molecular weight excluding hydrogens is 308 g/mol. The second-order valence-electron chi connectivity index (χ2n) is 5.92. The molecule has 0 saturated heterocycles. The van der Waals surface area contributed by atoms with Crippen LogP contribution in [0.1, 0.15) is 19.4 Å². The van der Waals surface area contributed by atoms with Gasteiger partial charge >= 0.3 is 5.97 Å². The lowest BCUT2D eigenvalue weighted by Crippen LogP contribution is -2.28. The van der Waals surface area contributed by atoms with Gasteiger partial charge in [-0.05, 0) is 42.7 Å². The van der Waals surface area contributed by atoms with Gasteiger partial charge in [-0.1, -0.05) is 24.3 Å². The van der Waals surface area contributed by atoms with Crippen molar-refractivity contribution in [3.05, 3.63) is 42.0 Å². The van der Waals surface area contributed by atoms with Crippen LogP contribution in [0.15, 0.2) is 36.4 Å². The van der Waals surface area contributed by atoms with E-state index in [-0.39, 0.29) is 0 Å². The Kier molecular flexibility index (Phi) is 5.02. The molecule has 0 saturated carbocycles. The molecule has 0 unspecified atom stereocenters. The van der Waals surface area contributed by atoms with Crippen LogP contribution in [-0.2, 0) is 10.2 Å². The van der Waals surface area contributed by atoms with Gasteiger partial charge in [0.15, 0.2) is 11.5 Å². The molecule has 0 aliphatic carbocycles. The summed E-state index contributed by atoms with van der Waals surface area (Å²) < 4.78 is 16.1. The third-order valence-corrected chi connectivity index (χ3v) is 4.12. The topological polar surface area (TPSA) is 65.0 Å². The fraction of sp³-hybridized carbons (Fsp3) is 0.316. The lowest BCUT2D eigenvalue weighted by molar-refractivity contribution is -0.142. The van der Waals surface area contributed by atoms with Crippen LogP contribution in [0.2, 0.25) is 0 Å². The van der Waals surface area contributed by atoms with E-state index in [9.17, 15) is 9.90 Å². The van der Waals surface area contributed by atoms with E-state index in [0.717, 1.165) is 16.7 Å². The predicted octanol–water partition coefficient (Wildman–Crippen LogP) is 3.74. The Morgan fingerprint density at radius 2 is 1.50 bits per heavy atom. The van der Waals surface area contributed by atoms with E-state index in [2.05, 4.69) is 0 Å². The fourth-order valence-corrected chi connectivity index (χ4v) is 2.46. The van der Waals surface area contributed by atoms with Crippen molar-refractivity contribution < 1.29 is 24.1 Å². The van der Waals surface area contributed by atoms with Gasteiger partial charge in [0.1, 0.15) is 0 Å². The highest BCUT2D eigenvalue weighted by Gasteiger charge is 2.29. The van der Waals surface area contributed by atoms with Crippen LogP contribution in [-0.4, -0.2) is 32.4 Å². The third kappa shape index (κ3) is 3.15. The summed E-state index contributed by atoms with van der Waals surface area (Å²) in [6.07, 6.45) is 0. The normalized spacial score (nSPS) is 11.0. The van der Waals surface area contributed by atoms with Gasteiger partial charge in [0.05, 0.1) is 26.7 Å². The highest BCUT2D eigenvalue weighted by Crippen LogP contribution is 2.41. The van der Waals surface area contributed by atoms with Crippen molar-refractivity contribution in [2.45, 2.75) is 19.3 Å². The molecule has 0 bridgehead atoms. The average molecular weight is 330 g/mol. The largest absolute Gasteiger partial charge is 0.493 e. The SMILES string of the molecule is COc1cc(-c2cccc(C(C)(C)C(=O)O)c2)cc(OC)c1OC. The van der Waals surface area contributed by atoms with Crippen LogP contribution in [0.5, 0.6) is 17.2 Å². The molecule has 0 aliphatic heterocycles. The number of ether oxygens (including phenoxy) is 3. The Morgan fingerprint density at radius 1 is 0.917 bits per heavy atom. The van der Waals surface area contributed by atoms with Crippen LogP contribution in [0.3, 0.4) is 0 Å². The maximum absolute atomic E-state index is 11.5. The molecule has 5 nitrogen and oxygen atoms in total. The summed E-state index contributed by atoms with van der Waals surface area (Å²) in [5, 5.41) is 9.43. The molecule has 1 N–H and O–H groups in total. The number of carboxylic acid groups (broad SMARTS) is 1. The van der Waals surface area contributed by atoms with E-state index in [1.807, 2.05) is 36.4 Å². The van der Waals surface area contributed by atoms with Crippen molar-refractivity contribution in [3.8, 4) is 28.4 Å². The number of methoxy groups -OCH3 is 3. The number of hydrogen-bond donors (Lipinski definition) is 1. The number of hydrogen-bond acceptors (Lipinski definition) is 4. The van der Waals surface area contributed by atoms with Crippen molar-refractivity contribution in [2.75, 3.05) is 21.3 Å². The number of benzene rings is 2. The van der Waals surface area contributed by atoms with Gasteiger partial charge in [-0.15, -0.1) is 0 Å². The van der Waals surface area contributed by atoms with Crippen molar-refractivity contribution in [2.24, 2.45) is 0 Å². The zero-order valence-electron chi connectivity index (χ0n) is 14.5. The van der Waals surface area contributed by atoms with Crippen LogP contribution >= 0.6 is 0 Å². The molecule has 2 aromatic carbocycles. The zero-order valence-corrected chi connectivity index (χ0v) is 14.5. The van der Waals surface area contributed by atoms with Crippen LogP contribution in [0.4, 0.5) is 0 Å². The van der Waals surface area contributed by atoms with E-state index >= 15 is 0 Å². The molecule has 0 aromatic heterocycles. The molecule has 0 atom stereocenters. The first-order chi connectivity index (χ1) is 11.3. The quantitative estimate of drug-likeness (QED) is 0.874. The molecule has 0 aliphatic rings. The van der Waals surface area contributed by atoms with Gasteiger partial charge in [-0.25, -0.2) is 0 Å². The molecule has 128 valence electrons. The average Bonchev–Trinajstić information content (AvgIpc) is 2.60. The molecule has 0 amide bonds. The van der Waals surface area contributed by atoms with E-state index in [4.69, 9.17) is 14.2 Å². The first-order valence-corrected chi connectivity index (χ1v) is 7.49. The minimum Gasteiger partial charge on any atom is -0.493 e. The van der Waals surface area contributed by atoms with Crippen molar-refractivity contribution in [3.63, 3.8) is 0 Å². The molecule has 0 heterocycles. The first-order valence-electron chi connectivity index (χ1n) is 7.49. The smallest absolute Gasteiger partial charge is 0.313 e. The number of carboxylic acids is 1. The Labute approximate surface area is 141 Å². The Balaban J connectivity index is 2.59. The molecule has 0 spiro atoms. The minimum atomic E-state index is -0.976. The summed E-state index contributed by atoms with van der Waals surface area (Å²) in [4.78, 5) is 11.5. The minimum absolute atomic E-state index is 0.519. The summed E-state index contributed by atoms with van der Waals surface area (Å²) in [5.74, 6) is 0.750. The summed E-state index contributed by atoms with van der Waals surface area (Å²) in [7, 11) is 4.67. The van der Waals surface area contributed by atoms with Gasteiger partial charge in [0.25, 0.3) is 0 Å². The van der Waals surface area contributed by atoms with Crippen molar-refractivity contribution >= 4 is 5.97 Å². The molecule has 24 heavy (non-hydrogen) atoms. The van der Waals surface area contributed by atoms with Crippen LogP contribution in [0, 0.1) is 0 Å². The van der Waals surface area contributed by atoms with Crippen LogP contribution < -0.4 is 14.2 Å². The monoisotopic (exact) mass is 330 g/mol. The Morgan fingerprint density at radius 3 is 1.96 bits per heavy atom. The van der Waals surface area contributed by atoms with Crippen molar-refractivity contribution in [1.29, 1.82) is 0 Å². The Bertz CT molecular complexity index is 724. The van der Waals surface area contributed by atoms with Gasteiger partial charge in [0.2, 0.25) is 5.75 Å². The maximum atomic E-state index is 11.5. The Hall–Kier alpha value is -2.69. The summed E-state index contributed by atoms with van der Waals surface area (Å²) in [6, 6.07) is 11.1. The standard InChI is InChI=1S/C19H22O5/c1-19(2,18(20)21)14-8-6-7-12(9-14)13-10-15(22-3)17(24-5)16(11-13)23-4/h6-11H,1-5H3,(H,20,21). The second kappa shape index (κ2) is 6.83. The molecule has 5 heteroatoms. The van der Waals surface area contributed by atoms with E-state index in [1.54, 1.807) is 35.2 Å².